The van der Waals surface area contributed by atoms with E-state index in [2.05, 4.69) is 6.92 Å². The average Bonchev–Trinajstić information content (AvgIpc) is 2.06. The number of ether oxygens (including phenoxy) is 1. The first-order valence-corrected chi connectivity index (χ1v) is 5.11. The van der Waals surface area contributed by atoms with Crippen molar-refractivity contribution in [1.29, 1.82) is 0 Å². The molecule has 1 heterocycles. The van der Waals surface area contributed by atoms with E-state index in [0.717, 1.165) is 13.2 Å². The predicted molar refractivity (Wildman–Crippen MR) is 48.0 cm³/mol. The van der Waals surface area contributed by atoms with Crippen LogP contribution in [0.3, 0.4) is 0 Å². The van der Waals surface area contributed by atoms with E-state index >= 15 is 0 Å². The van der Waals surface area contributed by atoms with E-state index in [0.29, 0.717) is 10.5 Å². The Morgan fingerprint density at radius 1 is 1.73 bits per heavy atom. The largest absolute Gasteiger partial charge is 0.395 e. The molecule has 0 amide bonds. The molecule has 66 valence electrons. The van der Waals surface area contributed by atoms with Gasteiger partial charge in [-0.25, -0.2) is 0 Å². The quantitative estimate of drug-likeness (QED) is 0.702. The maximum absolute atomic E-state index is 8.80. The fraction of sp³-hybridized carbons (Fsp3) is 1.00. The first-order chi connectivity index (χ1) is 5.33. The molecular formula is C8H16O2S. The van der Waals surface area contributed by atoms with Crippen molar-refractivity contribution in [3.8, 4) is 0 Å². The van der Waals surface area contributed by atoms with Crippen molar-refractivity contribution in [2.75, 3.05) is 19.8 Å². The number of rotatable bonds is 3. The lowest BCUT2D eigenvalue weighted by Crippen LogP contribution is -2.22. The van der Waals surface area contributed by atoms with Crippen molar-refractivity contribution >= 4 is 11.8 Å². The first-order valence-electron chi connectivity index (χ1n) is 4.17. The van der Waals surface area contributed by atoms with Crippen LogP contribution in [0.1, 0.15) is 19.8 Å². The standard InChI is InChI=1S/C8H16O2S/c1-7(5-9)11-8-3-2-4-10-6-8/h7-9H,2-6H2,1H3. The molecule has 1 rings (SSSR count). The van der Waals surface area contributed by atoms with Crippen LogP contribution in [-0.2, 0) is 4.74 Å². The van der Waals surface area contributed by atoms with Crippen molar-refractivity contribution in [2.45, 2.75) is 30.3 Å². The summed E-state index contributed by atoms with van der Waals surface area (Å²) in [5, 5.41) is 9.78. The molecule has 0 aromatic rings. The highest BCUT2D eigenvalue weighted by molar-refractivity contribution is 8.00. The lowest BCUT2D eigenvalue weighted by molar-refractivity contribution is 0.101. The molecule has 1 aliphatic rings. The maximum Gasteiger partial charge on any atom is 0.0585 e. The second-order valence-electron chi connectivity index (χ2n) is 2.97. The van der Waals surface area contributed by atoms with Crippen LogP contribution in [-0.4, -0.2) is 35.4 Å². The minimum Gasteiger partial charge on any atom is -0.395 e. The van der Waals surface area contributed by atoms with Crippen molar-refractivity contribution in [3.05, 3.63) is 0 Å². The van der Waals surface area contributed by atoms with Crippen molar-refractivity contribution < 1.29 is 9.84 Å². The highest BCUT2D eigenvalue weighted by atomic mass is 32.2. The van der Waals surface area contributed by atoms with Crippen LogP contribution in [0, 0.1) is 0 Å². The minimum atomic E-state index is 0.279. The van der Waals surface area contributed by atoms with Gasteiger partial charge in [0.05, 0.1) is 13.2 Å². The molecule has 2 unspecified atom stereocenters. The zero-order valence-corrected chi connectivity index (χ0v) is 7.77. The average molecular weight is 176 g/mol. The van der Waals surface area contributed by atoms with Crippen molar-refractivity contribution in [2.24, 2.45) is 0 Å². The van der Waals surface area contributed by atoms with E-state index in [1.165, 1.54) is 12.8 Å². The van der Waals surface area contributed by atoms with Gasteiger partial charge in [-0.1, -0.05) is 6.92 Å². The summed E-state index contributed by atoms with van der Waals surface area (Å²) in [4.78, 5) is 0. The number of thioether (sulfide) groups is 1. The summed E-state index contributed by atoms with van der Waals surface area (Å²) in [5.74, 6) is 0. The molecule has 0 aromatic heterocycles. The van der Waals surface area contributed by atoms with Crippen LogP contribution < -0.4 is 0 Å². The molecule has 2 atom stereocenters. The summed E-state index contributed by atoms with van der Waals surface area (Å²) < 4.78 is 5.32. The molecule has 1 N–H and O–H groups in total. The molecule has 0 radical (unpaired) electrons. The molecule has 0 aliphatic carbocycles. The topological polar surface area (TPSA) is 29.5 Å². The van der Waals surface area contributed by atoms with E-state index in [1.54, 1.807) is 0 Å². The molecule has 1 saturated heterocycles. The third-order valence-corrected chi connectivity index (χ3v) is 3.17. The highest BCUT2D eigenvalue weighted by Crippen LogP contribution is 2.24. The summed E-state index contributed by atoms with van der Waals surface area (Å²) in [6.07, 6.45) is 2.42. The van der Waals surface area contributed by atoms with Gasteiger partial charge in [-0.2, -0.15) is 11.8 Å². The van der Waals surface area contributed by atoms with Crippen molar-refractivity contribution in [3.63, 3.8) is 0 Å². The summed E-state index contributed by atoms with van der Waals surface area (Å²) >= 11 is 1.85. The summed E-state index contributed by atoms with van der Waals surface area (Å²) in [7, 11) is 0. The monoisotopic (exact) mass is 176 g/mol. The van der Waals surface area contributed by atoms with Crippen LogP contribution in [0.25, 0.3) is 0 Å². The molecule has 1 fully saturated rings. The second kappa shape index (κ2) is 5.01. The van der Waals surface area contributed by atoms with Gasteiger partial charge in [0, 0.05) is 17.1 Å². The fourth-order valence-corrected chi connectivity index (χ4v) is 2.41. The highest BCUT2D eigenvalue weighted by Gasteiger charge is 2.16. The minimum absolute atomic E-state index is 0.279. The summed E-state index contributed by atoms with van der Waals surface area (Å²) in [6, 6.07) is 0. The van der Waals surface area contributed by atoms with E-state index in [-0.39, 0.29) is 6.61 Å². The van der Waals surface area contributed by atoms with Gasteiger partial charge in [0.1, 0.15) is 0 Å². The first kappa shape index (κ1) is 9.36. The van der Waals surface area contributed by atoms with E-state index < -0.39 is 0 Å². The Hall–Kier alpha value is 0.270. The van der Waals surface area contributed by atoms with E-state index in [1.807, 2.05) is 11.8 Å². The normalized spacial score (nSPS) is 28.4. The van der Waals surface area contributed by atoms with Gasteiger partial charge in [-0.15, -0.1) is 0 Å². The molecule has 11 heavy (non-hydrogen) atoms. The van der Waals surface area contributed by atoms with Gasteiger partial charge in [-0.05, 0) is 12.8 Å². The fourth-order valence-electron chi connectivity index (χ4n) is 1.19. The smallest absolute Gasteiger partial charge is 0.0585 e. The number of hydrogen-bond donors (Lipinski definition) is 1. The third kappa shape index (κ3) is 3.45. The van der Waals surface area contributed by atoms with Gasteiger partial charge < -0.3 is 9.84 Å². The Balaban J connectivity index is 2.13. The van der Waals surface area contributed by atoms with Gasteiger partial charge >= 0.3 is 0 Å². The Morgan fingerprint density at radius 3 is 3.09 bits per heavy atom. The van der Waals surface area contributed by atoms with Gasteiger partial charge in [0.15, 0.2) is 0 Å². The van der Waals surface area contributed by atoms with E-state index in [9.17, 15) is 0 Å². The second-order valence-corrected chi connectivity index (χ2v) is 4.71. The SMILES string of the molecule is CC(CO)SC1CCCOC1. The third-order valence-electron chi connectivity index (χ3n) is 1.80. The van der Waals surface area contributed by atoms with Gasteiger partial charge in [-0.3, -0.25) is 0 Å². The Bertz CT molecular complexity index is 102. The van der Waals surface area contributed by atoms with Crippen molar-refractivity contribution in [1.82, 2.24) is 0 Å². The number of aliphatic hydroxyl groups excluding tert-OH is 1. The van der Waals surface area contributed by atoms with Crippen LogP contribution in [0.15, 0.2) is 0 Å². The molecule has 0 spiro atoms. The lowest BCUT2D eigenvalue weighted by Gasteiger charge is -2.23. The molecule has 3 heteroatoms. The van der Waals surface area contributed by atoms with E-state index in [4.69, 9.17) is 9.84 Å². The van der Waals surface area contributed by atoms with Crippen LogP contribution in [0.2, 0.25) is 0 Å². The van der Waals surface area contributed by atoms with Crippen LogP contribution in [0.5, 0.6) is 0 Å². The zero-order valence-electron chi connectivity index (χ0n) is 6.95. The Morgan fingerprint density at radius 2 is 2.55 bits per heavy atom. The molecular weight excluding hydrogens is 160 g/mol. The zero-order chi connectivity index (χ0) is 8.10. The molecule has 0 aromatic carbocycles. The lowest BCUT2D eigenvalue weighted by atomic mass is 10.2. The molecule has 0 bridgehead atoms. The van der Waals surface area contributed by atoms with Crippen LogP contribution in [0.4, 0.5) is 0 Å². The number of hydrogen-bond acceptors (Lipinski definition) is 3. The summed E-state index contributed by atoms with van der Waals surface area (Å²) in [5.41, 5.74) is 0. The van der Waals surface area contributed by atoms with Crippen LogP contribution >= 0.6 is 11.8 Å². The molecule has 2 nitrogen and oxygen atoms in total. The molecule has 1 aliphatic heterocycles. The summed E-state index contributed by atoms with van der Waals surface area (Å²) in [6.45, 7) is 4.13. The predicted octanol–water partition coefficient (Wildman–Crippen LogP) is 1.28. The Labute approximate surface area is 72.3 Å². The molecule has 0 saturated carbocycles. The Kier molecular flexibility index (Phi) is 4.26. The number of aliphatic hydroxyl groups is 1. The maximum atomic E-state index is 8.80. The van der Waals surface area contributed by atoms with Gasteiger partial charge in [0.25, 0.3) is 0 Å². The van der Waals surface area contributed by atoms with Gasteiger partial charge in [0.2, 0.25) is 0 Å².